The molecule has 0 saturated carbocycles. The molecule has 2 heteroatoms. The molecule has 1 aliphatic carbocycles. The number of rotatable bonds is 2. The van der Waals surface area contributed by atoms with Crippen LogP contribution in [0.4, 0.5) is 0 Å². The first kappa shape index (κ1) is 9.28. The van der Waals surface area contributed by atoms with Gasteiger partial charge < -0.3 is 0 Å². The van der Waals surface area contributed by atoms with Crippen molar-refractivity contribution < 1.29 is 0 Å². The van der Waals surface area contributed by atoms with E-state index in [4.69, 9.17) is 12.2 Å². The van der Waals surface area contributed by atoms with Crippen LogP contribution in [0, 0.1) is 6.07 Å². The quantitative estimate of drug-likeness (QED) is 0.681. The molecular formula is C12H10NS. The summed E-state index contributed by atoms with van der Waals surface area (Å²) in [7, 11) is 0. The van der Waals surface area contributed by atoms with Crippen molar-refractivity contribution in [3.63, 3.8) is 0 Å². The van der Waals surface area contributed by atoms with E-state index in [-0.39, 0.29) is 0 Å². The molecule has 0 N–H and O–H groups in total. The SMILES string of the molecule is S=C1C=CC=C(Cc2[c]cccn2)C1. The maximum atomic E-state index is 5.14. The Kier molecular flexibility index (Phi) is 2.84. The van der Waals surface area contributed by atoms with Gasteiger partial charge in [0, 0.05) is 30.0 Å². The average Bonchev–Trinajstić information content (AvgIpc) is 2.19. The lowest BCUT2D eigenvalue weighted by atomic mass is 10.0. The molecular weight excluding hydrogens is 190 g/mol. The van der Waals surface area contributed by atoms with Crippen LogP contribution in [0.1, 0.15) is 12.1 Å². The van der Waals surface area contributed by atoms with Crippen molar-refractivity contribution in [1.82, 2.24) is 4.98 Å². The molecule has 1 aromatic rings. The third kappa shape index (κ3) is 2.36. The van der Waals surface area contributed by atoms with Crippen LogP contribution in [0.5, 0.6) is 0 Å². The molecule has 0 amide bonds. The minimum Gasteiger partial charge on any atom is -0.260 e. The number of hydrogen-bond acceptors (Lipinski definition) is 2. The van der Waals surface area contributed by atoms with Gasteiger partial charge in [-0.15, -0.1) is 0 Å². The zero-order valence-corrected chi connectivity index (χ0v) is 8.55. The summed E-state index contributed by atoms with van der Waals surface area (Å²) in [6.07, 6.45) is 9.62. The van der Waals surface area contributed by atoms with E-state index in [1.165, 1.54) is 5.57 Å². The second kappa shape index (κ2) is 4.29. The first-order chi connectivity index (χ1) is 6.84. The highest BCUT2D eigenvalue weighted by molar-refractivity contribution is 7.80. The summed E-state index contributed by atoms with van der Waals surface area (Å²) in [6.45, 7) is 0. The van der Waals surface area contributed by atoms with Crippen LogP contribution in [0.3, 0.4) is 0 Å². The van der Waals surface area contributed by atoms with Crippen molar-refractivity contribution in [2.45, 2.75) is 12.8 Å². The van der Waals surface area contributed by atoms with E-state index >= 15 is 0 Å². The van der Waals surface area contributed by atoms with Gasteiger partial charge in [0.1, 0.15) is 0 Å². The number of pyridine rings is 1. The Balaban J connectivity index is 2.09. The van der Waals surface area contributed by atoms with E-state index in [0.29, 0.717) is 0 Å². The normalized spacial score (nSPS) is 15.4. The molecule has 0 spiro atoms. The Morgan fingerprint density at radius 2 is 2.43 bits per heavy atom. The first-order valence-electron chi connectivity index (χ1n) is 4.55. The fourth-order valence-electron chi connectivity index (χ4n) is 1.42. The molecule has 69 valence electrons. The fourth-order valence-corrected chi connectivity index (χ4v) is 1.69. The summed E-state index contributed by atoms with van der Waals surface area (Å²) < 4.78 is 0. The van der Waals surface area contributed by atoms with Crippen LogP contribution >= 0.6 is 12.2 Å². The lowest BCUT2D eigenvalue weighted by molar-refractivity contribution is 1.02. The predicted octanol–water partition coefficient (Wildman–Crippen LogP) is 2.68. The van der Waals surface area contributed by atoms with Crippen molar-refractivity contribution in [1.29, 1.82) is 0 Å². The molecule has 0 saturated heterocycles. The molecule has 0 aromatic carbocycles. The first-order valence-corrected chi connectivity index (χ1v) is 4.96. The molecule has 0 fully saturated rings. The lowest BCUT2D eigenvalue weighted by Crippen LogP contribution is -2.01. The number of thiocarbonyl (C=S) groups is 1. The van der Waals surface area contributed by atoms with Crippen molar-refractivity contribution in [2.75, 3.05) is 0 Å². The summed E-state index contributed by atoms with van der Waals surface area (Å²) in [5, 5.41) is 0. The third-order valence-corrected chi connectivity index (χ3v) is 2.35. The van der Waals surface area contributed by atoms with Crippen molar-refractivity contribution in [3.8, 4) is 0 Å². The molecule has 0 unspecified atom stereocenters. The zero-order chi connectivity index (χ0) is 9.80. The number of aromatic nitrogens is 1. The maximum Gasteiger partial charge on any atom is 0.0523 e. The van der Waals surface area contributed by atoms with E-state index in [1.54, 1.807) is 6.20 Å². The van der Waals surface area contributed by atoms with Crippen LogP contribution in [0.25, 0.3) is 0 Å². The molecule has 14 heavy (non-hydrogen) atoms. The van der Waals surface area contributed by atoms with Gasteiger partial charge in [-0.2, -0.15) is 0 Å². The Morgan fingerprint density at radius 3 is 3.14 bits per heavy atom. The van der Waals surface area contributed by atoms with Gasteiger partial charge in [0.25, 0.3) is 0 Å². The van der Waals surface area contributed by atoms with E-state index in [2.05, 4.69) is 17.1 Å². The number of hydrogen-bond donors (Lipinski definition) is 0. The summed E-state index contributed by atoms with van der Waals surface area (Å²) in [5.74, 6) is 0. The van der Waals surface area contributed by atoms with E-state index in [1.807, 2.05) is 24.3 Å². The van der Waals surface area contributed by atoms with Gasteiger partial charge in [-0.3, -0.25) is 4.98 Å². The topological polar surface area (TPSA) is 12.9 Å². The highest BCUT2D eigenvalue weighted by Gasteiger charge is 2.05. The molecule has 1 nitrogen and oxygen atoms in total. The maximum absolute atomic E-state index is 5.14. The van der Waals surface area contributed by atoms with E-state index in [0.717, 1.165) is 23.4 Å². The van der Waals surface area contributed by atoms with Crippen LogP contribution in [0.15, 0.2) is 42.1 Å². The Hall–Kier alpha value is -1.28. The highest BCUT2D eigenvalue weighted by Crippen LogP contribution is 2.14. The second-order valence-corrected chi connectivity index (χ2v) is 3.76. The van der Waals surface area contributed by atoms with Crippen LogP contribution in [0.2, 0.25) is 0 Å². The number of nitrogens with zero attached hydrogens (tertiary/aromatic N) is 1. The summed E-state index contributed by atoms with van der Waals surface area (Å²) in [5.41, 5.74) is 2.30. The van der Waals surface area contributed by atoms with Gasteiger partial charge in [0.2, 0.25) is 0 Å². The van der Waals surface area contributed by atoms with Crippen LogP contribution in [-0.2, 0) is 6.42 Å². The minimum atomic E-state index is 0.852. The van der Waals surface area contributed by atoms with Gasteiger partial charge in [0.05, 0.1) is 5.69 Å². The van der Waals surface area contributed by atoms with Crippen molar-refractivity contribution >= 4 is 17.1 Å². The van der Waals surface area contributed by atoms with E-state index in [9.17, 15) is 0 Å². The summed E-state index contributed by atoms with van der Waals surface area (Å²) in [6, 6.07) is 6.88. The standard InChI is InChI=1S/C12H10NS/c14-12-6-3-4-10(9-12)8-11-5-1-2-7-13-11/h1-4,6-7H,8-9H2. The molecule has 2 rings (SSSR count). The molecule has 1 heterocycles. The largest absolute Gasteiger partial charge is 0.260 e. The molecule has 1 radical (unpaired) electrons. The van der Waals surface area contributed by atoms with Gasteiger partial charge >= 0.3 is 0 Å². The molecule has 1 aliphatic rings. The summed E-state index contributed by atoms with van der Waals surface area (Å²) in [4.78, 5) is 5.23. The predicted molar refractivity (Wildman–Crippen MR) is 61.2 cm³/mol. The van der Waals surface area contributed by atoms with Crippen LogP contribution in [-0.4, -0.2) is 9.85 Å². The zero-order valence-electron chi connectivity index (χ0n) is 7.73. The highest BCUT2D eigenvalue weighted by atomic mass is 32.1. The summed E-state index contributed by atoms with van der Waals surface area (Å²) >= 11 is 5.14. The van der Waals surface area contributed by atoms with Crippen molar-refractivity contribution in [2.24, 2.45) is 0 Å². The average molecular weight is 200 g/mol. The molecule has 0 bridgehead atoms. The van der Waals surface area contributed by atoms with Crippen molar-refractivity contribution in [3.05, 3.63) is 53.9 Å². The fraction of sp³-hybridized carbons (Fsp3) is 0.167. The molecule has 1 aromatic heterocycles. The van der Waals surface area contributed by atoms with Gasteiger partial charge in [-0.1, -0.05) is 36.0 Å². The van der Waals surface area contributed by atoms with E-state index < -0.39 is 0 Å². The smallest absolute Gasteiger partial charge is 0.0523 e. The third-order valence-electron chi connectivity index (χ3n) is 2.07. The Bertz CT molecular complexity index is 390. The molecule has 0 atom stereocenters. The minimum absolute atomic E-state index is 0.852. The molecule has 0 aliphatic heterocycles. The van der Waals surface area contributed by atoms with Gasteiger partial charge in [0.15, 0.2) is 0 Å². The van der Waals surface area contributed by atoms with Gasteiger partial charge in [-0.05, 0) is 12.1 Å². The second-order valence-electron chi connectivity index (χ2n) is 3.23. The number of allylic oxidation sites excluding steroid dienone is 4. The Labute approximate surface area is 89.2 Å². The Morgan fingerprint density at radius 1 is 1.50 bits per heavy atom. The lowest BCUT2D eigenvalue weighted by Gasteiger charge is -2.08. The van der Waals surface area contributed by atoms with Crippen LogP contribution < -0.4 is 0 Å². The van der Waals surface area contributed by atoms with Gasteiger partial charge in [-0.25, -0.2) is 0 Å². The monoisotopic (exact) mass is 200 g/mol.